The highest BCUT2D eigenvalue weighted by molar-refractivity contribution is 6.36. The van der Waals surface area contributed by atoms with E-state index in [1.54, 1.807) is 0 Å². The molecule has 0 bridgehead atoms. The molecule has 0 N–H and O–H groups in total. The summed E-state index contributed by atoms with van der Waals surface area (Å²) < 4.78 is 18.2. The Morgan fingerprint density at radius 3 is 0.955 bits per heavy atom. The molecule has 0 aromatic rings. The molecule has 0 aromatic heterocycles. The molecular weight excluding hydrogens is 291 g/mol. The Kier molecular flexibility index (Phi) is 9.83. The molecule has 0 saturated heterocycles. The maximum Gasteiger partial charge on any atom is 0.905 e. The van der Waals surface area contributed by atoms with Crippen LogP contribution in [-0.4, -0.2) is 35.0 Å². The van der Waals surface area contributed by atoms with Crippen molar-refractivity contribution in [3.63, 3.8) is 0 Å². The summed E-state index contributed by atoms with van der Waals surface area (Å²) in [4.78, 5) is 0. The SMILES string of the molecule is CCC(C)(C)C[O][Al]([O]CC(C)(C)CC)[O]CC(C)(C)CC. The minimum Gasteiger partial charge on any atom is -0.454 e. The van der Waals surface area contributed by atoms with Gasteiger partial charge in [0.05, 0.1) is 0 Å². The lowest BCUT2D eigenvalue weighted by Gasteiger charge is -2.29. The van der Waals surface area contributed by atoms with Crippen molar-refractivity contribution in [2.24, 2.45) is 16.2 Å². The van der Waals surface area contributed by atoms with Crippen molar-refractivity contribution in [3.8, 4) is 0 Å². The van der Waals surface area contributed by atoms with Crippen molar-refractivity contribution in [1.29, 1.82) is 0 Å². The van der Waals surface area contributed by atoms with Crippen molar-refractivity contribution in [1.82, 2.24) is 0 Å². The summed E-state index contributed by atoms with van der Waals surface area (Å²) >= 11 is -2.08. The fourth-order valence-electron chi connectivity index (χ4n) is 1.33. The molecule has 0 aromatic carbocycles. The molecule has 0 rings (SSSR count). The van der Waals surface area contributed by atoms with Crippen LogP contribution in [0, 0.1) is 16.2 Å². The van der Waals surface area contributed by atoms with Crippen molar-refractivity contribution in [2.75, 3.05) is 19.8 Å². The Hall–Kier alpha value is 0.412. The van der Waals surface area contributed by atoms with E-state index in [4.69, 9.17) is 11.4 Å². The fraction of sp³-hybridized carbons (Fsp3) is 1.00. The van der Waals surface area contributed by atoms with Crippen LogP contribution in [0.25, 0.3) is 0 Å². The average molecular weight is 330 g/mol. The highest BCUT2D eigenvalue weighted by Gasteiger charge is 2.36. The normalized spacial score (nSPS) is 13.5. The van der Waals surface area contributed by atoms with E-state index in [0.717, 1.165) is 19.3 Å². The van der Waals surface area contributed by atoms with Crippen molar-refractivity contribution < 1.29 is 11.4 Å². The van der Waals surface area contributed by atoms with Gasteiger partial charge < -0.3 is 11.4 Å². The van der Waals surface area contributed by atoms with Gasteiger partial charge in [-0.1, -0.05) is 62.3 Å². The summed E-state index contributed by atoms with van der Waals surface area (Å²) in [5.41, 5.74) is 0.537. The summed E-state index contributed by atoms with van der Waals surface area (Å²) in [5.74, 6) is 0. The first kappa shape index (κ1) is 22.4. The molecule has 22 heavy (non-hydrogen) atoms. The molecular formula is C18H39AlO3. The highest BCUT2D eigenvalue weighted by Crippen LogP contribution is 2.24. The van der Waals surface area contributed by atoms with Gasteiger partial charge >= 0.3 is 15.1 Å². The van der Waals surface area contributed by atoms with Crippen LogP contribution in [0.4, 0.5) is 0 Å². The second-order valence-corrected chi connectivity index (χ2v) is 10.4. The van der Waals surface area contributed by atoms with Gasteiger partial charge in [-0.15, -0.1) is 0 Å². The topological polar surface area (TPSA) is 27.7 Å². The van der Waals surface area contributed by atoms with Gasteiger partial charge in [-0.3, -0.25) is 0 Å². The number of hydrogen-bond acceptors (Lipinski definition) is 3. The maximum atomic E-state index is 6.07. The first-order valence-electron chi connectivity index (χ1n) is 8.82. The second-order valence-electron chi connectivity index (χ2n) is 8.77. The van der Waals surface area contributed by atoms with E-state index in [1.807, 2.05) is 0 Å². The molecule has 0 aliphatic heterocycles. The second kappa shape index (κ2) is 9.65. The minimum absolute atomic E-state index is 0.179. The first-order valence-corrected chi connectivity index (χ1v) is 10.2. The summed E-state index contributed by atoms with van der Waals surface area (Å²) in [5, 5.41) is 0. The van der Waals surface area contributed by atoms with E-state index < -0.39 is 15.1 Å². The molecule has 0 amide bonds. The third-order valence-electron chi connectivity index (χ3n) is 4.70. The Balaban J connectivity index is 4.56. The van der Waals surface area contributed by atoms with E-state index in [1.165, 1.54) is 0 Å². The molecule has 0 aliphatic carbocycles. The molecule has 0 spiro atoms. The Morgan fingerprint density at radius 1 is 0.545 bits per heavy atom. The van der Waals surface area contributed by atoms with Gasteiger partial charge in [0.2, 0.25) is 0 Å². The van der Waals surface area contributed by atoms with Crippen molar-refractivity contribution >= 4 is 15.1 Å². The lowest BCUT2D eigenvalue weighted by molar-refractivity contribution is 0.0210. The van der Waals surface area contributed by atoms with Gasteiger partial charge in [-0.2, -0.15) is 0 Å². The van der Waals surface area contributed by atoms with Crippen LogP contribution in [-0.2, 0) is 11.4 Å². The molecule has 0 radical (unpaired) electrons. The van der Waals surface area contributed by atoms with Gasteiger partial charge in [0.1, 0.15) is 0 Å². The number of hydrogen-bond donors (Lipinski definition) is 0. The van der Waals surface area contributed by atoms with E-state index in [0.29, 0.717) is 19.8 Å². The lowest BCUT2D eigenvalue weighted by Crippen LogP contribution is -2.37. The van der Waals surface area contributed by atoms with Crippen LogP contribution in [0.15, 0.2) is 0 Å². The third-order valence-corrected chi connectivity index (χ3v) is 6.02. The van der Waals surface area contributed by atoms with Gasteiger partial charge in [-0.25, -0.2) is 0 Å². The molecule has 0 aliphatic rings. The zero-order valence-corrected chi connectivity index (χ0v) is 17.7. The van der Waals surface area contributed by atoms with Crippen molar-refractivity contribution in [3.05, 3.63) is 0 Å². The molecule has 0 atom stereocenters. The molecule has 132 valence electrons. The van der Waals surface area contributed by atoms with Gasteiger partial charge in [-0.05, 0) is 35.5 Å². The molecule has 3 nitrogen and oxygen atoms in total. The molecule has 0 saturated carbocycles. The molecule has 4 heteroatoms. The zero-order chi connectivity index (χ0) is 17.4. The predicted molar refractivity (Wildman–Crippen MR) is 95.8 cm³/mol. The molecule has 0 fully saturated rings. The van der Waals surface area contributed by atoms with Crippen LogP contribution in [0.2, 0.25) is 0 Å². The smallest absolute Gasteiger partial charge is 0.454 e. The van der Waals surface area contributed by atoms with E-state index in [-0.39, 0.29) is 16.2 Å². The average Bonchev–Trinajstić information content (AvgIpc) is 2.46. The van der Waals surface area contributed by atoms with Crippen LogP contribution in [0.1, 0.15) is 81.6 Å². The fourth-order valence-corrected chi connectivity index (χ4v) is 3.38. The lowest BCUT2D eigenvalue weighted by atomic mass is 9.92. The maximum absolute atomic E-state index is 6.07. The Labute approximate surface area is 144 Å². The van der Waals surface area contributed by atoms with E-state index in [2.05, 4.69) is 62.3 Å². The highest BCUT2D eigenvalue weighted by atomic mass is 27.3. The van der Waals surface area contributed by atoms with Gasteiger partial charge in [0.25, 0.3) is 0 Å². The zero-order valence-electron chi connectivity index (χ0n) is 16.5. The largest absolute Gasteiger partial charge is 0.905 e. The van der Waals surface area contributed by atoms with Crippen LogP contribution >= 0.6 is 0 Å². The van der Waals surface area contributed by atoms with Crippen LogP contribution < -0.4 is 0 Å². The molecule has 0 heterocycles. The molecule has 0 unspecified atom stereocenters. The quantitative estimate of drug-likeness (QED) is 0.453. The van der Waals surface area contributed by atoms with E-state index in [9.17, 15) is 0 Å². The van der Waals surface area contributed by atoms with Gasteiger partial charge in [0, 0.05) is 19.8 Å². The van der Waals surface area contributed by atoms with Crippen LogP contribution in [0.3, 0.4) is 0 Å². The third kappa shape index (κ3) is 10.2. The van der Waals surface area contributed by atoms with Gasteiger partial charge in [0.15, 0.2) is 0 Å². The van der Waals surface area contributed by atoms with Crippen LogP contribution in [0.5, 0.6) is 0 Å². The minimum atomic E-state index is -2.08. The monoisotopic (exact) mass is 330 g/mol. The summed E-state index contributed by atoms with van der Waals surface area (Å²) in [6, 6.07) is 0. The number of rotatable bonds is 12. The summed E-state index contributed by atoms with van der Waals surface area (Å²) in [6.45, 7) is 22.1. The first-order chi connectivity index (χ1) is 9.97. The Morgan fingerprint density at radius 2 is 0.773 bits per heavy atom. The summed E-state index contributed by atoms with van der Waals surface area (Å²) in [7, 11) is 0. The Bertz CT molecular complexity index is 253. The predicted octanol–water partition coefficient (Wildman–Crippen LogP) is 5.33. The standard InChI is InChI=1S/3C6H13O.Al/c3*1-4-6(2,3)5-7;/h3*4-5H2,1-3H3;/q3*-1;+3. The summed E-state index contributed by atoms with van der Waals surface area (Å²) in [6.07, 6.45) is 3.28. The van der Waals surface area contributed by atoms with Crippen molar-refractivity contribution in [2.45, 2.75) is 81.6 Å². The van der Waals surface area contributed by atoms with E-state index >= 15 is 0 Å².